The molecule has 0 aliphatic carbocycles. The number of anilines is 1. The second-order valence-corrected chi connectivity index (χ2v) is 17.4. The molecule has 6 aromatic rings. The molecule has 3 aromatic carbocycles. The molecule has 3 aliphatic heterocycles. The summed E-state index contributed by atoms with van der Waals surface area (Å²) in [6.07, 6.45) is 7.57. The van der Waals surface area contributed by atoms with Gasteiger partial charge in [0.05, 0.1) is 27.4 Å². The van der Waals surface area contributed by atoms with Gasteiger partial charge in [-0.3, -0.25) is 38.8 Å². The van der Waals surface area contributed by atoms with Gasteiger partial charge >= 0.3 is 0 Å². The highest BCUT2D eigenvalue weighted by molar-refractivity contribution is 6.34. The number of aromatic amines is 1. The van der Waals surface area contributed by atoms with Crippen LogP contribution < -0.4 is 10.2 Å². The lowest BCUT2D eigenvalue weighted by Gasteiger charge is -2.36. The first-order valence-corrected chi connectivity index (χ1v) is 22.0. The summed E-state index contributed by atoms with van der Waals surface area (Å²) in [6, 6.07) is 13.5. The first-order chi connectivity index (χ1) is 30.8. The summed E-state index contributed by atoms with van der Waals surface area (Å²) < 4.78 is 36.6. The van der Waals surface area contributed by atoms with Crippen molar-refractivity contribution in [2.75, 3.05) is 64.8 Å². The molecule has 64 heavy (non-hydrogen) atoms. The van der Waals surface area contributed by atoms with Gasteiger partial charge in [-0.15, -0.1) is 0 Å². The van der Waals surface area contributed by atoms with Crippen molar-refractivity contribution in [2.24, 2.45) is 0 Å². The number of imide groups is 1. The zero-order valence-corrected chi connectivity index (χ0v) is 36.7. The maximum absolute atomic E-state index is 16.7. The summed E-state index contributed by atoms with van der Waals surface area (Å²) in [5, 5.41) is 13.0. The molecule has 3 aromatic heterocycles. The Morgan fingerprint density at radius 2 is 1.78 bits per heavy atom. The number of nitrogens with zero attached hydrogens (tertiary/aromatic N) is 8. The minimum atomic E-state index is -0.575. The topological polar surface area (TPSA) is 145 Å². The van der Waals surface area contributed by atoms with Crippen LogP contribution in [-0.4, -0.2) is 123 Å². The van der Waals surface area contributed by atoms with Crippen LogP contribution in [-0.2, 0) is 27.3 Å². The molecule has 0 bridgehead atoms. The van der Waals surface area contributed by atoms with Gasteiger partial charge in [-0.05, 0) is 79.3 Å². The van der Waals surface area contributed by atoms with E-state index in [9.17, 15) is 19.2 Å². The summed E-state index contributed by atoms with van der Waals surface area (Å²) in [4.78, 5) is 61.3. The third-order valence-corrected chi connectivity index (χ3v) is 13.0. The second kappa shape index (κ2) is 17.6. The maximum atomic E-state index is 16.7. The number of benzene rings is 3. The standard InChI is InChI=1S/C47H49ClF2N10O4/c1-28-43-29(7-4-9-38(43)60(54-28)39-10-11-41(61)53-46(39)63)12-17-56-19-21-57(22-20-56)40-26-35(48)33(24-36(40)49)32-23-31(44(50)45-34(32)25-37(52-45)47(64)55(2)3)30-8-5-15-58(27-30)42(62)13-18-59-16-6-14-51-59/h4,6-9,14,16,23-26,39,52H,5,10-13,15,17-22,27H2,1-3H3,(H,53,61,63)/t39-/m1/s1. The fourth-order valence-electron chi connectivity index (χ4n) is 9.32. The zero-order valence-electron chi connectivity index (χ0n) is 36.0. The molecule has 4 amide bonds. The van der Waals surface area contributed by atoms with Gasteiger partial charge in [0.1, 0.15) is 17.6 Å². The molecule has 0 saturated carbocycles. The van der Waals surface area contributed by atoms with Crippen LogP contribution in [0.4, 0.5) is 14.5 Å². The predicted octanol–water partition coefficient (Wildman–Crippen LogP) is 6.37. The third-order valence-electron chi connectivity index (χ3n) is 12.7. The highest BCUT2D eigenvalue weighted by Gasteiger charge is 2.31. The number of carbonyl (C=O) groups is 4. The van der Waals surface area contributed by atoms with Gasteiger partial charge in [0.25, 0.3) is 11.8 Å². The van der Waals surface area contributed by atoms with Crippen LogP contribution in [0.25, 0.3) is 38.5 Å². The molecule has 1 atom stereocenters. The van der Waals surface area contributed by atoms with E-state index in [1.54, 1.807) is 65.0 Å². The molecule has 0 unspecified atom stereocenters. The number of rotatable bonds is 11. The summed E-state index contributed by atoms with van der Waals surface area (Å²) in [5.41, 5.74) is 5.09. The van der Waals surface area contributed by atoms with Crippen LogP contribution >= 0.6 is 11.6 Å². The summed E-state index contributed by atoms with van der Waals surface area (Å²) in [7, 11) is 3.22. The number of piperidine rings is 1. The molecule has 3 aliphatic rings. The van der Waals surface area contributed by atoms with E-state index in [0.29, 0.717) is 79.9 Å². The minimum absolute atomic E-state index is 0.0763. The van der Waals surface area contributed by atoms with E-state index >= 15 is 8.78 Å². The largest absolute Gasteiger partial charge is 0.367 e. The number of aromatic nitrogens is 5. The summed E-state index contributed by atoms with van der Waals surface area (Å²) >= 11 is 7.07. The lowest BCUT2D eigenvalue weighted by molar-refractivity contribution is -0.136. The van der Waals surface area contributed by atoms with Crippen molar-refractivity contribution in [3.05, 3.63) is 106 Å². The van der Waals surface area contributed by atoms with Gasteiger partial charge in [0.15, 0.2) is 5.82 Å². The Hall–Kier alpha value is -6.39. The molecule has 14 nitrogen and oxygen atoms in total. The number of carbonyl (C=O) groups excluding carboxylic acids is 4. The van der Waals surface area contributed by atoms with Crippen LogP contribution in [0.1, 0.15) is 59.0 Å². The SMILES string of the molecule is Cc1nn([C@@H]2CCC(=O)NC2=O)c2cccc(CCN3CCN(c4cc(Cl)c(-c5cc(C6=CCCN(C(=O)CCn7cccn7)C6)c(F)c6[nH]c(C(=O)N(C)C)cc56)cc4F)CC3)c12. The molecule has 332 valence electrons. The highest BCUT2D eigenvalue weighted by atomic mass is 35.5. The number of H-pyrrole nitrogens is 1. The van der Waals surface area contributed by atoms with Crippen LogP contribution in [0.2, 0.25) is 5.02 Å². The van der Waals surface area contributed by atoms with E-state index in [-0.39, 0.29) is 64.8 Å². The number of nitrogens with one attached hydrogen (secondary N) is 2. The fourth-order valence-corrected chi connectivity index (χ4v) is 9.58. The Labute approximate surface area is 373 Å². The van der Waals surface area contributed by atoms with Crippen LogP contribution in [0.15, 0.2) is 67.0 Å². The van der Waals surface area contributed by atoms with E-state index in [1.807, 2.05) is 30.0 Å². The maximum Gasteiger partial charge on any atom is 0.269 e. The van der Waals surface area contributed by atoms with Crippen molar-refractivity contribution in [1.82, 2.24) is 44.6 Å². The number of halogens is 3. The zero-order chi connectivity index (χ0) is 44.8. The van der Waals surface area contributed by atoms with E-state index < -0.39 is 17.7 Å². The Morgan fingerprint density at radius 3 is 2.53 bits per heavy atom. The first-order valence-electron chi connectivity index (χ1n) is 21.6. The van der Waals surface area contributed by atoms with Crippen LogP contribution in [0.5, 0.6) is 0 Å². The normalized spacial score (nSPS) is 17.3. The molecule has 9 rings (SSSR count). The van der Waals surface area contributed by atoms with Crippen molar-refractivity contribution >= 4 is 68.3 Å². The lowest BCUT2D eigenvalue weighted by Crippen LogP contribution is -2.47. The number of piperazine rings is 1. The predicted molar refractivity (Wildman–Crippen MR) is 241 cm³/mol. The molecule has 2 N–H and O–H groups in total. The number of fused-ring (bicyclic) bond motifs is 2. The number of amides is 4. The van der Waals surface area contributed by atoms with Gasteiger partial charge in [0, 0.05) is 114 Å². The lowest BCUT2D eigenvalue weighted by atomic mass is 9.93. The smallest absolute Gasteiger partial charge is 0.269 e. The molecule has 0 spiro atoms. The van der Waals surface area contributed by atoms with Crippen LogP contribution in [0, 0.1) is 18.6 Å². The Kier molecular flexibility index (Phi) is 11.8. The molecular formula is C47H49ClF2N10O4. The van der Waals surface area contributed by atoms with Gasteiger partial charge < -0.3 is 19.7 Å². The van der Waals surface area contributed by atoms with Crippen LogP contribution in [0.3, 0.4) is 0 Å². The molecule has 0 radical (unpaired) electrons. The third kappa shape index (κ3) is 8.27. The molecular weight excluding hydrogens is 842 g/mol. The van der Waals surface area contributed by atoms with E-state index in [2.05, 4.69) is 26.4 Å². The highest BCUT2D eigenvalue weighted by Crippen LogP contribution is 2.42. The minimum Gasteiger partial charge on any atom is -0.367 e. The van der Waals surface area contributed by atoms with Gasteiger partial charge in [0.2, 0.25) is 11.8 Å². The van der Waals surface area contributed by atoms with E-state index in [4.69, 9.17) is 16.7 Å². The number of aryl methyl sites for hydroxylation is 2. The summed E-state index contributed by atoms with van der Waals surface area (Å²) in [6.45, 7) is 6.31. The number of hydrogen-bond acceptors (Lipinski definition) is 8. The average molecular weight is 891 g/mol. The Balaban J connectivity index is 0.931. The number of hydrogen-bond donors (Lipinski definition) is 2. The molecule has 6 heterocycles. The molecule has 17 heteroatoms. The monoisotopic (exact) mass is 890 g/mol. The van der Waals surface area contributed by atoms with Crippen molar-refractivity contribution in [3.8, 4) is 11.1 Å². The fraction of sp³-hybridized carbons (Fsp3) is 0.362. The van der Waals surface area contributed by atoms with Gasteiger partial charge in [-0.2, -0.15) is 10.2 Å². The van der Waals surface area contributed by atoms with E-state index in [0.717, 1.165) is 35.1 Å². The second-order valence-electron chi connectivity index (χ2n) is 17.0. The van der Waals surface area contributed by atoms with Crippen molar-refractivity contribution < 1.29 is 28.0 Å². The molecule has 2 fully saturated rings. The van der Waals surface area contributed by atoms with Gasteiger partial charge in [-0.25, -0.2) is 8.78 Å². The molecule has 2 saturated heterocycles. The first kappa shape index (κ1) is 42.9. The van der Waals surface area contributed by atoms with Crippen molar-refractivity contribution in [2.45, 2.75) is 51.6 Å². The van der Waals surface area contributed by atoms with E-state index in [1.165, 1.54) is 11.0 Å². The van der Waals surface area contributed by atoms with Crippen molar-refractivity contribution in [3.63, 3.8) is 0 Å². The van der Waals surface area contributed by atoms with Gasteiger partial charge in [-0.1, -0.05) is 29.8 Å². The average Bonchev–Trinajstić information content (AvgIpc) is 4.06. The quantitative estimate of drug-likeness (QED) is 0.143. The Bertz CT molecular complexity index is 2840. The Morgan fingerprint density at radius 1 is 0.969 bits per heavy atom. The summed E-state index contributed by atoms with van der Waals surface area (Å²) in [5.74, 6) is -2.08. The van der Waals surface area contributed by atoms with Crippen molar-refractivity contribution in [1.29, 1.82) is 0 Å².